The number of carbonyl (C=O) groups is 1. The van der Waals surface area contributed by atoms with Gasteiger partial charge in [0.05, 0.1) is 10.9 Å². The van der Waals surface area contributed by atoms with E-state index in [0.29, 0.717) is 11.5 Å². The van der Waals surface area contributed by atoms with Gasteiger partial charge in [0.25, 0.3) is 11.5 Å². The van der Waals surface area contributed by atoms with Gasteiger partial charge in [-0.3, -0.25) is 19.1 Å². The van der Waals surface area contributed by atoms with E-state index in [9.17, 15) is 14.4 Å². The number of hydrogen-bond acceptors (Lipinski definition) is 4. The van der Waals surface area contributed by atoms with Crippen LogP contribution in [0.2, 0.25) is 0 Å². The molecule has 2 aromatic rings. The number of likely N-dealkylation sites (tertiary alicyclic amines) is 1. The van der Waals surface area contributed by atoms with Crippen LogP contribution in [0, 0.1) is 5.92 Å². The molecule has 0 aliphatic carbocycles. The lowest BCUT2D eigenvalue weighted by atomic mass is 9.99. The van der Waals surface area contributed by atoms with Crippen molar-refractivity contribution in [3.8, 4) is 0 Å². The van der Waals surface area contributed by atoms with E-state index in [0.717, 1.165) is 25.9 Å². The van der Waals surface area contributed by atoms with Gasteiger partial charge in [-0.25, -0.2) is 9.78 Å². The van der Waals surface area contributed by atoms with Gasteiger partial charge in [0.15, 0.2) is 0 Å². The number of fused-ring (bicyclic) bond motifs is 1. The highest BCUT2D eigenvalue weighted by Crippen LogP contribution is 2.18. The Morgan fingerprint density at radius 1 is 1.32 bits per heavy atom. The van der Waals surface area contributed by atoms with Crippen LogP contribution in [-0.2, 0) is 7.05 Å². The van der Waals surface area contributed by atoms with Crippen molar-refractivity contribution in [2.75, 3.05) is 13.1 Å². The average molecular weight is 302 g/mol. The van der Waals surface area contributed by atoms with E-state index in [1.807, 2.05) is 0 Å². The molecule has 1 aliphatic heterocycles. The maximum Gasteiger partial charge on any atom is 0.329 e. The van der Waals surface area contributed by atoms with E-state index >= 15 is 0 Å². The summed E-state index contributed by atoms with van der Waals surface area (Å²) in [7, 11) is 1.53. The molecule has 0 bridgehead atoms. The molecule has 22 heavy (non-hydrogen) atoms. The van der Waals surface area contributed by atoms with Gasteiger partial charge in [-0.2, -0.15) is 0 Å². The molecule has 1 saturated heterocycles. The summed E-state index contributed by atoms with van der Waals surface area (Å²) in [5, 5.41) is 0.248. The van der Waals surface area contributed by atoms with E-state index in [2.05, 4.69) is 16.9 Å². The zero-order valence-electron chi connectivity index (χ0n) is 12.6. The van der Waals surface area contributed by atoms with Crippen molar-refractivity contribution in [1.29, 1.82) is 0 Å². The summed E-state index contributed by atoms with van der Waals surface area (Å²) in [5.74, 6) is 0.519. The third-order valence-electron chi connectivity index (χ3n) is 4.27. The van der Waals surface area contributed by atoms with Gasteiger partial charge in [0.2, 0.25) is 0 Å². The second-order valence-corrected chi connectivity index (χ2v) is 5.89. The van der Waals surface area contributed by atoms with Crippen molar-refractivity contribution in [3.05, 3.63) is 38.7 Å². The van der Waals surface area contributed by atoms with Gasteiger partial charge in [-0.05, 0) is 24.8 Å². The van der Waals surface area contributed by atoms with Crippen LogP contribution in [-0.4, -0.2) is 38.4 Å². The van der Waals surface area contributed by atoms with Crippen LogP contribution in [0.15, 0.2) is 21.9 Å². The molecule has 0 radical (unpaired) electrons. The minimum atomic E-state index is -0.521. The van der Waals surface area contributed by atoms with Gasteiger partial charge in [0, 0.05) is 26.3 Å². The fourth-order valence-electron chi connectivity index (χ4n) is 2.75. The molecule has 7 heteroatoms. The van der Waals surface area contributed by atoms with Crippen LogP contribution in [0.25, 0.3) is 11.0 Å². The molecule has 1 fully saturated rings. The lowest BCUT2D eigenvalue weighted by Gasteiger charge is -2.30. The van der Waals surface area contributed by atoms with E-state index in [1.54, 1.807) is 4.90 Å². The van der Waals surface area contributed by atoms with Crippen molar-refractivity contribution in [2.45, 2.75) is 19.8 Å². The van der Waals surface area contributed by atoms with Crippen LogP contribution in [0.4, 0.5) is 0 Å². The predicted octanol–water partition coefficient (Wildman–Crippen LogP) is 0.494. The number of aromatic amines is 1. The number of nitrogens with zero attached hydrogens (tertiary/aromatic N) is 3. The highest BCUT2D eigenvalue weighted by molar-refractivity contribution is 5.96. The van der Waals surface area contributed by atoms with E-state index in [-0.39, 0.29) is 16.9 Å². The highest BCUT2D eigenvalue weighted by Gasteiger charge is 2.22. The summed E-state index contributed by atoms with van der Waals surface area (Å²) >= 11 is 0. The number of piperidine rings is 1. The fourth-order valence-corrected chi connectivity index (χ4v) is 2.75. The number of hydrogen-bond donors (Lipinski definition) is 1. The number of H-pyrrole nitrogens is 1. The third-order valence-corrected chi connectivity index (χ3v) is 4.27. The van der Waals surface area contributed by atoms with Gasteiger partial charge < -0.3 is 4.90 Å². The summed E-state index contributed by atoms with van der Waals surface area (Å²) in [5.41, 5.74) is -0.384. The molecule has 0 unspecified atom stereocenters. The molecule has 7 nitrogen and oxygen atoms in total. The first-order valence-corrected chi connectivity index (χ1v) is 7.35. The molecular formula is C15H18N4O3. The molecule has 3 rings (SSSR count). The molecule has 1 N–H and O–H groups in total. The van der Waals surface area contributed by atoms with E-state index < -0.39 is 11.2 Å². The monoisotopic (exact) mass is 302 g/mol. The molecule has 1 amide bonds. The molecule has 0 saturated carbocycles. The van der Waals surface area contributed by atoms with Crippen molar-refractivity contribution in [1.82, 2.24) is 19.4 Å². The lowest BCUT2D eigenvalue weighted by molar-refractivity contribution is 0.0697. The Morgan fingerprint density at radius 2 is 2.00 bits per heavy atom. The Labute approximate surface area is 126 Å². The smallest absolute Gasteiger partial charge is 0.329 e. The number of aromatic nitrogens is 3. The number of carbonyl (C=O) groups excluding carboxylic acids is 1. The normalized spacial score (nSPS) is 16.2. The number of aryl methyl sites for hydroxylation is 1. The largest absolute Gasteiger partial charge is 0.339 e. The Balaban J connectivity index is 2.00. The first-order valence-electron chi connectivity index (χ1n) is 7.35. The molecule has 3 heterocycles. The SMILES string of the molecule is CC1CCN(C(=O)c2cnc3c(c2)c(=O)[nH]c(=O)n3C)CC1. The second-order valence-electron chi connectivity index (χ2n) is 5.89. The summed E-state index contributed by atoms with van der Waals surface area (Å²) in [6, 6.07) is 1.51. The van der Waals surface area contributed by atoms with Crippen molar-refractivity contribution >= 4 is 16.9 Å². The summed E-state index contributed by atoms with van der Waals surface area (Å²) < 4.78 is 1.26. The Kier molecular flexibility index (Phi) is 3.56. The first kappa shape index (κ1) is 14.5. The quantitative estimate of drug-likeness (QED) is 0.830. The predicted molar refractivity (Wildman–Crippen MR) is 81.9 cm³/mol. The molecule has 0 atom stereocenters. The van der Waals surface area contributed by atoms with Gasteiger partial charge in [-0.15, -0.1) is 0 Å². The highest BCUT2D eigenvalue weighted by atomic mass is 16.2. The Bertz CT molecular complexity index is 844. The van der Waals surface area contributed by atoms with Crippen LogP contribution in [0.1, 0.15) is 30.1 Å². The number of nitrogens with one attached hydrogen (secondary N) is 1. The maximum absolute atomic E-state index is 12.5. The van der Waals surface area contributed by atoms with Crippen LogP contribution in [0.3, 0.4) is 0 Å². The molecule has 0 spiro atoms. The van der Waals surface area contributed by atoms with Gasteiger partial charge >= 0.3 is 5.69 Å². The molecule has 0 aromatic carbocycles. The van der Waals surface area contributed by atoms with Crippen LogP contribution >= 0.6 is 0 Å². The molecule has 1 aliphatic rings. The minimum absolute atomic E-state index is 0.116. The van der Waals surface area contributed by atoms with Gasteiger partial charge in [0.1, 0.15) is 5.65 Å². The summed E-state index contributed by atoms with van der Waals surface area (Å²) in [4.78, 5) is 44.1. The average Bonchev–Trinajstić information content (AvgIpc) is 2.52. The Morgan fingerprint density at radius 3 is 2.68 bits per heavy atom. The standard InChI is InChI=1S/C15H18N4O3/c1-9-3-5-19(6-4-9)14(21)10-7-11-12(16-8-10)18(2)15(22)17-13(11)20/h7-9H,3-6H2,1-2H3,(H,17,20,22). The van der Waals surface area contributed by atoms with E-state index in [1.165, 1.54) is 23.9 Å². The molecule has 2 aromatic heterocycles. The zero-order chi connectivity index (χ0) is 15.9. The number of amides is 1. The first-order chi connectivity index (χ1) is 10.5. The number of pyridine rings is 1. The van der Waals surface area contributed by atoms with Gasteiger partial charge in [-0.1, -0.05) is 6.92 Å². The topological polar surface area (TPSA) is 88.1 Å². The summed E-state index contributed by atoms with van der Waals surface area (Å²) in [6.07, 6.45) is 3.41. The van der Waals surface area contributed by atoms with Crippen molar-refractivity contribution < 1.29 is 4.79 Å². The fraction of sp³-hybridized carbons (Fsp3) is 0.467. The third kappa shape index (κ3) is 2.43. The molecular weight excluding hydrogens is 284 g/mol. The van der Waals surface area contributed by atoms with Crippen molar-refractivity contribution in [3.63, 3.8) is 0 Å². The number of rotatable bonds is 1. The van der Waals surface area contributed by atoms with Crippen molar-refractivity contribution in [2.24, 2.45) is 13.0 Å². The van der Waals surface area contributed by atoms with E-state index in [4.69, 9.17) is 0 Å². The zero-order valence-corrected chi connectivity index (χ0v) is 12.6. The Hall–Kier alpha value is -2.44. The molecule has 116 valence electrons. The lowest BCUT2D eigenvalue weighted by Crippen LogP contribution is -2.38. The summed E-state index contributed by atoms with van der Waals surface area (Å²) in [6.45, 7) is 3.63. The second kappa shape index (κ2) is 5.40. The minimum Gasteiger partial charge on any atom is -0.339 e. The van der Waals surface area contributed by atoms with Crippen LogP contribution in [0.5, 0.6) is 0 Å². The van der Waals surface area contributed by atoms with Crippen LogP contribution < -0.4 is 11.2 Å². The maximum atomic E-state index is 12.5.